The Balaban J connectivity index is 1.93. The molecule has 2 atom stereocenters. The fraction of sp³-hybridized carbons (Fsp3) is 0.350. The predicted molar refractivity (Wildman–Crippen MR) is 98.5 cm³/mol. The molecule has 7 nitrogen and oxygen atoms in total. The average Bonchev–Trinajstić information content (AvgIpc) is 2.62. The number of nitrogens with one attached hydrogen (secondary N) is 1. The van der Waals surface area contributed by atoms with E-state index in [2.05, 4.69) is 4.98 Å². The molecule has 1 aliphatic heterocycles. The third kappa shape index (κ3) is 3.82. The summed E-state index contributed by atoms with van der Waals surface area (Å²) in [5, 5.41) is 20.4. The van der Waals surface area contributed by atoms with Gasteiger partial charge in [-0.05, 0) is 43.5 Å². The number of carbonyl (C=O) groups excluding carboxylic acids is 1. The maximum atomic E-state index is 13.5. The van der Waals surface area contributed by atoms with E-state index in [1.165, 1.54) is 29.2 Å². The minimum Gasteiger partial charge on any atom is -0.481 e. The van der Waals surface area contributed by atoms with Crippen LogP contribution >= 0.6 is 0 Å². The number of aromatic amines is 1. The lowest BCUT2D eigenvalue weighted by atomic mass is 9.72. The third-order valence-electron chi connectivity index (χ3n) is 5.13. The van der Waals surface area contributed by atoms with E-state index in [-0.39, 0.29) is 31.5 Å². The number of benzene rings is 1. The van der Waals surface area contributed by atoms with Crippen molar-refractivity contribution in [1.29, 1.82) is 0 Å². The highest BCUT2D eigenvalue weighted by Gasteiger charge is 2.50. The number of hydrogen-bond acceptors (Lipinski definition) is 4. The number of hydrogen-bond donors (Lipinski definition) is 3. The van der Waals surface area contributed by atoms with Crippen LogP contribution in [0.1, 0.15) is 28.0 Å². The van der Waals surface area contributed by atoms with E-state index in [0.29, 0.717) is 11.3 Å². The predicted octanol–water partition coefficient (Wildman–Crippen LogP) is 1.34. The van der Waals surface area contributed by atoms with Gasteiger partial charge in [-0.25, -0.2) is 4.39 Å². The molecular weight excluding hydrogens is 367 g/mol. The zero-order chi connectivity index (χ0) is 20.5. The van der Waals surface area contributed by atoms with Crippen LogP contribution in [0.4, 0.5) is 4.39 Å². The largest absolute Gasteiger partial charge is 0.481 e. The van der Waals surface area contributed by atoms with Crippen molar-refractivity contribution in [2.45, 2.75) is 25.9 Å². The molecule has 0 bridgehead atoms. The molecule has 1 fully saturated rings. The minimum absolute atomic E-state index is 0.0650. The van der Waals surface area contributed by atoms with Crippen LogP contribution in [0.15, 0.2) is 41.2 Å². The molecule has 28 heavy (non-hydrogen) atoms. The summed E-state index contributed by atoms with van der Waals surface area (Å²) < 4.78 is 13.5. The number of nitrogens with zero attached hydrogens (tertiary/aromatic N) is 1. The van der Waals surface area contributed by atoms with Gasteiger partial charge in [-0.15, -0.1) is 0 Å². The van der Waals surface area contributed by atoms with Gasteiger partial charge in [-0.3, -0.25) is 14.4 Å². The fourth-order valence-electron chi connectivity index (χ4n) is 3.71. The van der Waals surface area contributed by atoms with Crippen LogP contribution in [-0.2, 0) is 11.2 Å². The summed E-state index contributed by atoms with van der Waals surface area (Å²) in [6.45, 7) is 1.55. The Morgan fingerprint density at radius 3 is 2.71 bits per heavy atom. The summed E-state index contributed by atoms with van der Waals surface area (Å²) in [7, 11) is 0. The second kappa shape index (κ2) is 7.55. The summed E-state index contributed by atoms with van der Waals surface area (Å²) in [6, 6.07) is 8.20. The summed E-state index contributed by atoms with van der Waals surface area (Å²) >= 11 is 0. The van der Waals surface area contributed by atoms with Crippen molar-refractivity contribution in [3.63, 3.8) is 0 Å². The zero-order valence-corrected chi connectivity index (χ0v) is 15.3. The number of aryl methyl sites for hydroxylation is 1. The lowest BCUT2D eigenvalue weighted by Gasteiger charge is -2.43. The van der Waals surface area contributed by atoms with Crippen molar-refractivity contribution in [3.05, 3.63) is 69.4 Å². The third-order valence-corrected chi connectivity index (χ3v) is 5.13. The SMILES string of the molecule is Cc1cc(C(=O)N2CC[C@@H](O)[C@](Cc3cccc(F)c3)(C(=O)O)C2)cc(=O)[nH]1. The number of rotatable bonds is 4. The normalized spacial score (nSPS) is 22.1. The number of H-pyrrole nitrogens is 1. The van der Waals surface area contributed by atoms with Crippen molar-refractivity contribution in [1.82, 2.24) is 9.88 Å². The van der Waals surface area contributed by atoms with E-state index in [1.54, 1.807) is 13.0 Å². The molecule has 3 rings (SSSR count). The molecule has 0 aliphatic carbocycles. The number of likely N-dealkylation sites (tertiary alicyclic amines) is 1. The number of aliphatic hydroxyl groups is 1. The van der Waals surface area contributed by atoms with Crippen LogP contribution in [0, 0.1) is 18.2 Å². The highest BCUT2D eigenvalue weighted by Crippen LogP contribution is 2.35. The second-order valence-corrected chi connectivity index (χ2v) is 7.22. The van der Waals surface area contributed by atoms with Gasteiger partial charge in [0.2, 0.25) is 5.56 Å². The topological polar surface area (TPSA) is 111 Å². The second-order valence-electron chi connectivity index (χ2n) is 7.22. The fourth-order valence-corrected chi connectivity index (χ4v) is 3.71. The van der Waals surface area contributed by atoms with Crippen molar-refractivity contribution in [2.75, 3.05) is 13.1 Å². The molecule has 148 valence electrons. The maximum absolute atomic E-state index is 13.5. The number of aliphatic carboxylic acids is 1. The first-order valence-corrected chi connectivity index (χ1v) is 8.87. The Hall–Kier alpha value is -3.00. The first-order valence-electron chi connectivity index (χ1n) is 8.87. The van der Waals surface area contributed by atoms with Gasteiger partial charge in [0.1, 0.15) is 11.2 Å². The molecule has 1 amide bonds. The van der Waals surface area contributed by atoms with Crippen molar-refractivity contribution < 1.29 is 24.2 Å². The number of carbonyl (C=O) groups is 2. The van der Waals surface area contributed by atoms with Gasteiger partial charge >= 0.3 is 5.97 Å². The van der Waals surface area contributed by atoms with Gasteiger partial charge in [0, 0.05) is 30.4 Å². The van der Waals surface area contributed by atoms with Gasteiger partial charge in [0.05, 0.1) is 6.10 Å². The van der Waals surface area contributed by atoms with Crippen molar-refractivity contribution >= 4 is 11.9 Å². The minimum atomic E-state index is -1.67. The number of aliphatic hydroxyl groups excluding tert-OH is 1. The molecular formula is C20H21FN2O5. The van der Waals surface area contributed by atoms with Crippen LogP contribution in [0.2, 0.25) is 0 Å². The van der Waals surface area contributed by atoms with Crippen LogP contribution in [0.3, 0.4) is 0 Å². The smallest absolute Gasteiger partial charge is 0.314 e. The lowest BCUT2D eigenvalue weighted by Crippen LogP contribution is -2.58. The first kappa shape index (κ1) is 19.8. The number of carboxylic acids is 1. The molecule has 0 spiro atoms. The summed E-state index contributed by atoms with van der Waals surface area (Å²) in [4.78, 5) is 40.6. The van der Waals surface area contributed by atoms with E-state index in [0.717, 1.165) is 6.07 Å². The van der Waals surface area contributed by atoms with Crippen LogP contribution in [0.5, 0.6) is 0 Å². The molecule has 3 N–H and O–H groups in total. The van der Waals surface area contributed by atoms with Crippen LogP contribution < -0.4 is 5.56 Å². The van der Waals surface area contributed by atoms with Gasteiger partial charge in [0.15, 0.2) is 0 Å². The van der Waals surface area contributed by atoms with E-state index >= 15 is 0 Å². The molecule has 1 aliphatic rings. The molecule has 2 aromatic rings. The number of aromatic nitrogens is 1. The summed E-state index contributed by atoms with van der Waals surface area (Å²) in [5.41, 5.74) is -1.01. The lowest BCUT2D eigenvalue weighted by molar-refractivity contribution is -0.161. The monoisotopic (exact) mass is 388 g/mol. The van der Waals surface area contributed by atoms with Gasteiger partial charge < -0.3 is 20.1 Å². The molecule has 2 heterocycles. The highest BCUT2D eigenvalue weighted by molar-refractivity contribution is 5.94. The molecule has 0 unspecified atom stereocenters. The van der Waals surface area contributed by atoms with Crippen molar-refractivity contribution in [3.8, 4) is 0 Å². The number of carboxylic acid groups (broad SMARTS) is 1. The van der Waals surface area contributed by atoms with Gasteiger partial charge in [-0.2, -0.15) is 0 Å². The van der Waals surface area contributed by atoms with E-state index in [1.807, 2.05) is 0 Å². The Kier molecular flexibility index (Phi) is 5.33. The number of amides is 1. The first-order chi connectivity index (χ1) is 13.2. The van der Waals surface area contributed by atoms with Crippen molar-refractivity contribution in [2.24, 2.45) is 5.41 Å². The Labute approximate surface area is 160 Å². The number of halogens is 1. The Morgan fingerprint density at radius 2 is 2.07 bits per heavy atom. The summed E-state index contributed by atoms with van der Waals surface area (Å²) in [5.74, 6) is -2.25. The van der Waals surface area contributed by atoms with Crippen LogP contribution in [-0.4, -0.2) is 51.2 Å². The molecule has 8 heteroatoms. The van der Waals surface area contributed by atoms with E-state index < -0.39 is 34.8 Å². The van der Waals surface area contributed by atoms with E-state index in [9.17, 15) is 29.0 Å². The van der Waals surface area contributed by atoms with Gasteiger partial charge in [0.25, 0.3) is 5.91 Å². The summed E-state index contributed by atoms with van der Waals surface area (Å²) in [6.07, 6.45) is -1.26. The molecule has 0 radical (unpaired) electrons. The molecule has 1 aromatic heterocycles. The van der Waals surface area contributed by atoms with Crippen LogP contribution in [0.25, 0.3) is 0 Å². The number of pyridine rings is 1. The number of piperidine rings is 1. The molecule has 1 saturated heterocycles. The zero-order valence-electron chi connectivity index (χ0n) is 15.3. The standard InChI is InChI=1S/C20H21FN2O5/c1-12-7-14(9-17(25)22-12)18(26)23-6-5-16(24)20(11-23,19(27)28)10-13-3-2-4-15(21)8-13/h2-4,7-9,16,24H,5-6,10-11H2,1H3,(H,22,25)(H,27,28)/t16-,20-/m1/s1. The van der Waals surface area contributed by atoms with E-state index in [4.69, 9.17) is 0 Å². The highest BCUT2D eigenvalue weighted by atomic mass is 19.1. The average molecular weight is 388 g/mol. The molecule has 0 saturated carbocycles. The quantitative estimate of drug-likeness (QED) is 0.732. The Morgan fingerprint density at radius 1 is 1.32 bits per heavy atom. The van der Waals surface area contributed by atoms with Gasteiger partial charge in [-0.1, -0.05) is 12.1 Å². The maximum Gasteiger partial charge on any atom is 0.314 e. The Bertz CT molecular complexity index is 973. The molecule has 1 aromatic carbocycles.